The van der Waals surface area contributed by atoms with E-state index in [1.165, 1.54) is 18.6 Å². The van der Waals surface area contributed by atoms with Crippen molar-refractivity contribution < 1.29 is 9.15 Å². The number of rotatable bonds is 2. The molecule has 0 unspecified atom stereocenters. The zero-order chi connectivity index (χ0) is 7.40. The highest BCUT2D eigenvalue weighted by Crippen LogP contribution is 1.99. The van der Waals surface area contributed by atoms with Gasteiger partial charge in [0.15, 0.2) is 0 Å². The minimum Gasteiger partial charge on any atom is -0.487 e. The Hall–Kier alpha value is -1.25. The van der Waals surface area contributed by atoms with Gasteiger partial charge in [0.2, 0.25) is 11.2 Å². The van der Waals surface area contributed by atoms with Crippen LogP contribution in [-0.4, -0.2) is 6.61 Å². The summed E-state index contributed by atoms with van der Waals surface area (Å²) in [6.07, 6.45) is 2.62. The van der Waals surface area contributed by atoms with Crippen LogP contribution in [0.15, 0.2) is 27.8 Å². The second kappa shape index (κ2) is 3.06. The molecule has 0 fully saturated rings. The van der Waals surface area contributed by atoms with Gasteiger partial charge in [-0.05, 0) is 6.92 Å². The van der Waals surface area contributed by atoms with Crippen LogP contribution in [0.4, 0.5) is 0 Å². The van der Waals surface area contributed by atoms with E-state index in [9.17, 15) is 4.79 Å². The van der Waals surface area contributed by atoms with Gasteiger partial charge in [-0.2, -0.15) is 0 Å². The van der Waals surface area contributed by atoms with Crippen LogP contribution in [0.3, 0.4) is 0 Å². The minimum atomic E-state index is -0.145. The van der Waals surface area contributed by atoms with Gasteiger partial charge in [-0.15, -0.1) is 0 Å². The summed E-state index contributed by atoms with van der Waals surface area (Å²) in [6, 6.07) is 1.32. The zero-order valence-electron chi connectivity index (χ0n) is 5.66. The molecule has 0 bridgehead atoms. The van der Waals surface area contributed by atoms with Crippen molar-refractivity contribution in [2.45, 2.75) is 6.92 Å². The fraction of sp³-hybridized carbons (Fsp3) is 0.286. The molecule has 0 aliphatic carbocycles. The second-order valence-electron chi connectivity index (χ2n) is 1.72. The van der Waals surface area contributed by atoms with E-state index in [4.69, 9.17) is 9.15 Å². The first kappa shape index (κ1) is 6.86. The highest BCUT2D eigenvalue weighted by Gasteiger charge is 1.95. The first-order valence-corrected chi connectivity index (χ1v) is 3.04. The van der Waals surface area contributed by atoms with Gasteiger partial charge in [0.1, 0.15) is 6.26 Å². The van der Waals surface area contributed by atoms with Gasteiger partial charge in [-0.25, -0.2) is 0 Å². The van der Waals surface area contributed by atoms with Gasteiger partial charge < -0.3 is 9.15 Å². The fourth-order valence-electron chi connectivity index (χ4n) is 0.603. The van der Waals surface area contributed by atoms with Crippen LogP contribution in [0.2, 0.25) is 0 Å². The lowest BCUT2D eigenvalue weighted by molar-refractivity contribution is 0.323. The predicted octanol–water partition coefficient (Wildman–Crippen LogP) is 1.04. The van der Waals surface area contributed by atoms with Crippen molar-refractivity contribution in [3.8, 4) is 5.75 Å². The van der Waals surface area contributed by atoms with E-state index in [0.717, 1.165) is 0 Å². The molecule has 0 amide bonds. The number of hydrogen-bond acceptors (Lipinski definition) is 3. The first-order chi connectivity index (χ1) is 4.84. The Morgan fingerprint density at radius 1 is 1.70 bits per heavy atom. The molecule has 3 nitrogen and oxygen atoms in total. The molecule has 0 N–H and O–H groups in total. The van der Waals surface area contributed by atoms with E-state index in [0.29, 0.717) is 6.61 Å². The number of ether oxygens (including phenoxy) is 1. The summed E-state index contributed by atoms with van der Waals surface area (Å²) in [6.45, 7) is 2.29. The summed E-state index contributed by atoms with van der Waals surface area (Å²) in [5.41, 5.74) is -0.145. The summed E-state index contributed by atoms with van der Waals surface area (Å²) in [4.78, 5) is 10.8. The molecule has 0 saturated heterocycles. The third-order valence-corrected chi connectivity index (χ3v) is 1.02. The lowest BCUT2D eigenvalue weighted by Gasteiger charge is -1.97. The Balaban J connectivity index is 2.92. The molecule has 1 rings (SSSR count). The Kier molecular flexibility index (Phi) is 2.10. The molecular formula is C7H8O3. The fourth-order valence-corrected chi connectivity index (χ4v) is 0.603. The average Bonchev–Trinajstić information content (AvgIpc) is 1.94. The van der Waals surface area contributed by atoms with Crippen molar-refractivity contribution in [2.24, 2.45) is 0 Å². The monoisotopic (exact) mass is 140 g/mol. The van der Waals surface area contributed by atoms with Gasteiger partial charge in [0.05, 0.1) is 12.9 Å². The molecule has 1 aromatic heterocycles. The molecule has 54 valence electrons. The van der Waals surface area contributed by atoms with Crippen molar-refractivity contribution in [2.75, 3.05) is 6.61 Å². The van der Waals surface area contributed by atoms with Crippen LogP contribution in [-0.2, 0) is 0 Å². The SMILES string of the molecule is CCOc1coccc1=O. The molecule has 0 saturated carbocycles. The van der Waals surface area contributed by atoms with Crippen LogP contribution < -0.4 is 10.2 Å². The Morgan fingerprint density at radius 3 is 3.10 bits per heavy atom. The average molecular weight is 140 g/mol. The predicted molar refractivity (Wildman–Crippen MR) is 36.1 cm³/mol. The number of hydrogen-bond donors (Lipinski definition) is 0. The van der Waals surface area contributed by atoms with E-state index in [1.807, 2.05) is 6.92 Å². The molecule has 0 atom stereocenters. The second-order valence-corrected chi connectivity index (χ2v) is 1.72. The van der Waals surface area contributed by atoms with E-state index in [2.05, 4.69) is 0 Å². The smallest absolute Gasteiger partial charge is 0.226 e. The van der Waals surface area contributed by atoms with Gasteiger partial charge in [0.25, 0.3) is 0 Å². The minimum absolute atomic E-state index is 0.145. The molecule has 1 aromatic rings. The molecular weight excluding hydrogens is 132 g/mol. The Bertz CT molecular complexity index is 251. The van der Waals surface area contributed by atoms with Crippen molar-refractivity contribution >= 4 is 0 Å². The van der Waals surface area contributed by atoms with Gasteiger partial charge in [0, 0.05) is 6.07 Å². The van der Waals surface area contributed by atoms with E-state index in [-0.39, 0.29) is 11.2 Å². The normalized spacial score (nSPS) is 9.30. The van der Waals surface area contributed by atoms with Gasteiger partial charge in [-0.1, -0.05) is 0 Å². The molecule has 0 aliphatic heterocycles. The third-order valence-electron chi connectivity index (χ3n) is 1.02. The summed E-state index contributed by atoms with van der Waals surface area (Å²) in [7, 11) is 0. The summed E-state index contributed by atoms with van der Waals surface area (Å²) in [5, 5.41) is 0. The van der Waals surface area contributed by atoms with Crippen molar-refractivity contribution in [1.82, 2.24) is 0 Å². The third kappa shape index (κ3) is 1.37. The maximum absolute atomic E-state index is 10.8. The molecule has 0 aliphatic rings. The highest BCUT2D eigenvalue weighted by atomic mass is 16.5. The van der Waals surface area contributed by atoms with E-state index >= 15 is 0 Å². The maximum atomic E-state index is 10.8. The molecule has 0 radical (unpaired) electrons. The molecule has 3 heteroatoms. The van der Waals surface area contributed by atoms with Crippen LogP contribution in [0.25, 0.3) is 0 Å². The standard InChI is InChI=1S/C7H8O3/c1-2-10-7-5-9-4-3-6(7)8/h3-5H,2H2,1H3. The molecule has 0 aromatic carbocycles. The Morgan fingerprint density at radius 2 is 2.50 bits per heavy atom. The van der Waals surface area contributed by atoms with Crippen LogP contribution in [0.1, 0.15) is 6.92 Å². The van der Waals surface area contributed by atoms with Crippen LogP contribution in [0, 0.1) is 0 Å². The lowest BCUT2D eigenvalue weighted by atomic mass is 10.5. The summed E-state index contributed by atoms with van der Waals surface area (Å²) < 4.78 is 9.65. The van der Waals surface area contributed by atoms with E-state index < -0.39 is 0 Å². The molecule has 0 spiro atoms. The molecule has 10 heavy (non-hydrogen) atoms. The first-order valence-electron chi connectivity index (χ1n) is 3.04. The van der Waals surface area contributed by atoms with Crippen LogP contribution >= 0.6 is 0 Å². The van der Waals surface area contributed by atoms with Crippen LogP contribution in [0.5, 0.6) is 5.75 Å². The lowest BCUT2D eigenvalue weighted by Crippen LogP contribution is -2.04. The topological polar surface area (TPSA) is 39.4 Å². The largest absolute Gasteiger partial charge is 0.487 e. The van der Waals surface area contributed by atoms with E-state index in [1.54, 1.807) is 0 Å². The zero-order valence-corrected chi connectivity index (χ0v) is 5.66. The highest BCUT2D eigenvalue weighted by molar-refractivity contribution is 5.13. The van der Waals surface area contributed by atoms with Crippen molar-refractivity contribution in [3.63, 3.8) is 0 Å². The summed E-state index contributed by atoms with van der Waals surface area (Å²) in [5.74, 6) is 0.269. The van der Waals surface area contributed by atoms with Crippen molar-refractivity contribution in [1.29, 1.82) is 0 Å². The maximum Gasteiger partial charge on any atom is 0.226 e. The Labute approximate surface area is 58.2 Å². The van der Waals surface area contributed by atoms with Crippen molar-refractivity contribution in [3.05, 3.63) is 28.8 Å². The van der Waals surface area contributed by atoms with Gasteiger partial charge >= 0.3 is 0 Å². The summed E-state index contributed by atoms with van der Waals surface area (Å²) >= 11 is 0. The molecule has 1 heterocycles. The quantitative estimate of drug-likeness (QED) is 0.616. The van der Waals surface area contributed by atoms with Gasteiger partial charge in [-0.3, -0.25) is 4.79 Å².